The Balaban J connectivity index is 1.62. The molecule has 0 fully saturated rings. The fourth-order valence-electron chi connectivity index (χ4n) is 2.72. The van der Waals surface area contributed by atoms with Crippen LogP contribution >= 0.6 is 11.6 Å². The number of carbonyl (C=O) groups is 2. The number of hydrogen-bond acceptors (Lipinski definition) is 3. The lowest BCUT2D eigenvalue weighted by molar-refractivity contribution is -0.129. The molecule has 26 heavy (non-hydrogen) atoms. The number of para-hydroxylation sites is 1. The molecule has 1 aromatic heterocycles. The number of nitrogens with zero attached hydrogens (tertiary/aromatic N) is 1. The van der Waals surface area contributed by atoms with Gasteiger partial charge in [-0.1, -0.05) is 41.9 Å². The SMILES string of the molecule is CC(OC(=O)c1cn(C)c2ccccc12)C(=O)NCc1ccc(Cl)cc1. The topological polar surface area (TPSA) is 60.3 Å². The highest BCUT2D eigenvalue weighted by Gasteiger charge is 2.21. The van der Waals surface area contributed by atoms with Crippen LogP contribution in [0.4, 0.5) is 0 Å². The summed E-state index contributed by atoms with van der Waals surface area (Å²) >= 11 is 5.84. The number of nitrogens with one attached hydrogen (secondary N) is 1. The minimum atomic E-state index is -0.895. The van der Waals surface area contributed by atoms with Gasteiger partial charge in [0.05, 0.1) is 5.56 Å². The Morgan fingerprint density at radius 1 is 1.15 bits per heavy atom. The van der Waals surface area contributed by atoms with Gasteiger partial charge in [0.2, 0.25) is 0 Å². The van der Waals surface area contributed by atoms with Crippen LogP contribution in [0.2, 0.25) is 5.02 Å². The van der Waals surface area contributed by atoms with Crippen LogP contribution in [-0.4, -0.2) is 22.5 Å². The average molecular weight is 371 g/mol. The van der Waals surface area contributed by atoms with Crippen LogP contribution in [-0.2, 0) is 23.1 Å². The van der Waals surface area contributed by atoms with Gasteiger partial charge >= 0.3 is 5.97 Å². The van der Waals surface area contributed by atoms with Gasteiger partial charge in [0.15, 0.2) is 6.10 Å². The largest absolute Gasteiger partial charge is 0.449 e. The fourth-order valence-corrected chi connectivity index (χ4v) is 2.84. The number of aromatic nitrogens is 1. The first-order valence-electron chi connectivity index (χ1n) is 8.23. The predicted octanol–water partition coefficient (Wildman–Crippen LogP) is 3.69. The van der Waals surface area contributed by atoms with E-state index in [2.05, 4.69) is 5.32 Å². The average Bonchev–Trinajstić information content (AvgIpc) is 2.98. The highest BCUT2D eigenvalue weighted by atomic mass is 35.5. The maximum Gasteiger partial charge on any atom is 0.341 e. The Bertz CT molecular complexity index is 947. The van der Waals surface area contributed by atoms with Crippen LogP contribution in [0.25, 0.3) is 10.9 Å². The quantitative estimate of drug-likeness (QED) is 0.697. The number of hydrogen-bond donors (Lipinski definition) is 1. The van der Waals surface area contributed by atoms with E-state index >= 15 is 0 Å². The zero-order valence-electron chi connectivity index (χ0n) is 14.5. The molecule has 134 valence electrons. The van der Waals surface area contributed by atoms with Gasteiger partial charge in [0.25, 0.3) is 5.91 Å². The number of carbonyl (C=O) groups excluding carboxylic acids is 2. The van der Waals surface area contributed by atoms with Gasteiger partial charge in [-0.25, -0.2) is 4.79 Å². The number of halogens is 1. The molecule has 5 nitrogen and oxygen atoms in total. The van der Waals surface area contributed by atoms with E-state index in [0.29, 0.717) is 17.1 Å². The maximum absolute atomic E-state index is 12.5. The smallest absolute Gasteiger partial charge is 0.341 e. The van der Waals surface area contributed by atoms with Crippen molar-refractivity contribution in [1.29, 1.82) is 0 Å². The molecule has 0 saturated carbocycles. The summed E-state index contributed by atoms with van der Waals surface area (Å²) in [5.41, 5.74) is 2.29. The van der Waals surface area contributed by atoms with Crippen molar-refractivity contribution in [3.63, 3.8) is 0 Å². The molecule has 0 aliphatic rings. The molecular formula is C20H19ClN2O3. The summed E-state index contributed by atoms with van der Waals surface area (Å²) in [6.07, 6.45) is 0.819. The monoisotopic (exact) mass is 370 g/mol. The van der Waals surface area contributed by atoms with Crippen molar-refractivity contribution in [3.05, 3.63) is 70.9 Å². The predicted molar refractivity (Wildman–Crippen MR) is 101 cm³/mol. The third-order valence-corrected chi connectivity index (χ3v) is 4.40. The zero-order chi connectivity index (χ0) is 18.7. The number of rotatable bonds is 5. The molecule has 3 aromatic rings. The second-order valence-electron chi connectivity index (χ2n) is 6.06. The summed E-state index contributed by atoms with van der Waals surface area (Å²) in [6, 6.07) is 14.7. The number of amides is 1. The van der Waals surface area contributed by atoms with Crippen molar-refractivity contribution >= 4 is 34.4 Å². The van der Waals surface area contributed by atoms with Crippen molar-refractivity contribution in [3.8, 4) is 0 Å². The molecule has 1 heterocycles. The third kappa shape index (κ3) is 3.89. The van der Waals surface area contributed by atoms with E-state index in [4.69, 9.17) is 16.3 Å². The Morgan fingerprint density at radius 2 is 1.85 bits per heavy atom. The van der Waals surface area contributed by atoms with Crippen LogP contribution in [0.15, 0.2) is 54.7 Å². The first-order chi connectivity index (χ1) is 12.5. The number of ether oxygens (including phenoxy) is 1. The van der Waals surface area contributed by atoms with Crippen molar-refractivity contribution in [1.82, 2.24) is 9.88 Å². The summed E-state index contributed by atoms with van der Waals surface area (Å²) in [5, 5.41) is 4.19. The summed E-state index contributed by atoms with van der Waals surface area (Å²) in [4.78, 5) is 24.7. The van der Waals surface area contributed by atoms with Crippen molar-refractivity contribution < 1.29 is 14.3 Å². The highest BCUT2D eigenvalue weighted by Crippen LogP contribution is 2.21. The molecule has 0 saturated heterocycles. The van der Waals surface area contributed by atoms with Gasteiger partial charge in [-0.2, -0.15) is 0 Å². The third-order valence-electron chi connectivity index (χ3n) is 4.15. The molecule has 1 unspecified atom stereocenters. The molecule has 6 heteroatoms. The first-order valence-corrected chi connectivity index (χ1v) is 8.60. The Hall–Kier alpha value is -2.79. The number of fused-ring (bicyclic) bond motifs is 1. The summed E-state index contributed by atoms with van der Waals surface area (Å²) in [5.74, 6) is -0.871. The standard InChI is InChI=1S/C20H19ClN2O3/c1-13(19(24)22-11-14-7-9-15(21)10-8-14)26-20(25)17-12-23(2)18-6-4-3-5-16(17)18/h3-10,12-13H,11H2,1-2H3,(H,22,24). The van der Waals surface area contributed by atoms with E-state index < -0.39 is 12.1 Å². The maximum atomic E-state index is 12.5. The zero-order valence-corrected chi connectivity index (χ0v) is 15.3. The molecule has 3 rings (SSSR count). The number of aryl methyl sites for hydroxylation is 1. The number of benzene rings is 2. The summed E-state index contributed by atoms with van der Waals surface area (Å²) < 4.78 is 7.20. The Kier molecular flexibility index (Phi) is 5.28. The van der Waals surface area contributed by atoms with Gasteiger partial charge in [-0.3, -0.25) is 4.79 Å². The molecule has 1 N–H and O–H groups in total. The van der Waals surface area contributed by atoms with Gasteiger partial charge < -0.3 is 14.6 Å². The molecule has 0 radical (unpaired) electrons. The number of esters is 1. The van der Waals surface area contributed by atoms with E-state index in [1.165, 1.54) is 0 Å². The lowest BCUT2D eigenvalue weighted by Crippen LogP contribution is -2.35. The molecule has 0 bridgehead atoms. The second-order valence-corrected chi connectivity index (χ2v) is 6.50. The molecule has 1 atom stereocenters. The minimum absolute atomic E-state index is 0.339. The van der Waals surface area contributed by atoms with E-state index in [1.54, 1.807) is 25.3 Å². The second kappa shape index (κ2) is 7.62. The van der Waals surface area contributed by atoms with Crippen LogP contribution in [0.1, 0.15) is 22.8 Å². The molecule has 0 aliphatic heterocycles. The van der Waals surface area contributed by atoms with E-state index in [-0.39, 0.29) is 5.91 Å². The fraction of sp³-hybridized carbons (Fsp3) is 0.200. The van der Waals surface area contributed by atoms with E-state index in [1.807, 2.05) is 48.0 Å². The lowest BCUT2D eigenvalue weighted by atomic mass is 10.2. The molecule has 0 aliphatic carbocycles. The molecule has 0 spiro atoms. The van der Waals surface area contributed by atoms with Gasteiger partial charge in [-0.15, -0.1) is 0 Å². The molecule has 1 amide bonds. The van der Waals surface area contributed by atoms with Crippen LogP contribution in [0, 0.1) is 0 Å². The molecule has 2 aromatic carbocycles. The normalized spacial score (nSPS) is 12.0. The summed E-state index contributed by atoms with van der Waals surface area (Å²) in [7, 11) is 1.86. The van der Waals surface area contributed by atoms with Crippen molar-refractivity contribution in [2.45, 2.75) is 19.6 Å². The van der Waals surface area contributed by atoms with Crippen LogP contribution in [0.5, 0.6) is 0 Å². The van der Waals surface area contributed by atoms with E-state index in [9.17, 15) is 9.59 Å². The lowest BCUT2D eigenvalue weighted by Gasteiger charge is -2.13. The van der Waals surface area contributed by atoms with Crippen molar-refractivity contribution in [2.75, 3.05) is 0 Å². The Labute approximate surface area is 156 Å². The van der Waals surface area contributed by atoms with Gasteiger partial charge in [-0.05, 0) is 30.7 Å². The van der Waals surface area contributed by atoms with Gasteiger partial charge in [0, 0.05) is 35.7 Å². The Morgan fingerprint density at radius 3 is 2.58 bits per heavy atom. The van der Waals surface area contributed by atoms with Crippen LogP contribution < -0.4 is 5.32 Å². The van der Waals surface area contributed by atoms with Crippen molar-refractivity contribution in [2.24, 2.45) is 7.05 Å². The summed E-state index contributed by atoms with van der Waals surface area (Å²) in [6.45, 7) is 1.90. The minimum Gasteiger partial charge on any atom is -0.449 e. The van der Waals surface area contributed by atoms with E-state index in [0.717, 1.165) is 16.5 Å². The molecular weight excluding hydrogens is 352 g/mol. The van der Waals surface area contributed by atoms with Gasteiger partial charge in [0.1, 0.15) is 0 Å². The highest BCUT2D eigenvalue weighted by molar-refractivity contribution is 6.30. The first kappa shape index (κ1) is 18.0. The van der Waals surface area contributed by atoms with Crippen LogP contribution in [0.3, 0.4) is 0 Å².